The Morgan fingerprint density at radius 3 is 2.12 bits per heavy atom. The Kier molecular flexibility index (Phi) is 19.2. The molecular formula is C39H58N2O10. The molecule has 0 unspecified atom stereocenters. The number of nitrogens with one attached hydrogen (secondary N) is 2. The van der Waals surface area contributed by atoms with E-state index in [0.717, 1.165) is 16.7 Å². The number of alkyl carbamates (subject to hydrolysis) is 1. The first-order valence-electron chi connectivity index (χ1n) is 17.8. The monoisotopic (exact) mass is 714 g/mol. The highest BCUT2D eigenvalue weighted by Gasteiger charge is 2.35. The average molecular weight is 715 g/mol. The molecule has 0 radical (unpaired) electrons. The molecule has 12 heteroatoms. The van der Waals surface area contributed by atoms with Crippen molar-refractivity contribution in [3.63, 3.8) is 0 Å². The van der Waals surface area contributed by atoms with Crippen LogP contribution in [0.15, 0.2) is 66.7 Å². The van der Waals surface area contributed by atoms with Crippen molar-refractivity contribution in [1.82, 2.24) is 10.6 Å². The highest BCUT2D eigenvalue weighted by Crippen LogP contribution is 2.32. The SMILES string of the molecule is COCCOCCOCCOCCOC/C=C/C[C@H](C[C@H](O)[C@H](Cc1ccccc1)NC(=O)OC(C)(C)C)C(=O)N[C@H]1c2ccccc2C[C@H]1O. The van der Waals surface area contributed by atoms with Crippen molar-refractivity contribution in [3.8, 4) is 0 Å². The molecule has 51 heavy (non-hydrogen) atoms. The summed E-state index contributed by atoms with van der Waals surface area (Å²) in [5.41, 5.74) is 2.07. The lowest BCUT2D eigenvalue weighted by Crippen LogP contribution is -2.48. The molecule has 1 aliphatic rings. The van der Waals surface area contributed by atoms with E-state index >= 15 is 0 Å². The third-order valence-corrected chi connectivity index (χ3v) is 8.21. The van der Waals surface area contributed by atoms with Crippen LogP contribution in [0.5, 0.6) is 0 Å². The fraction of sp³-hybridized carbons (Fsp3) is 0.590. The van der Waals surface area contributed by atoms with Gasteiger partial charge < -0.3 is 49.3 Å². The molecule has 2 amide bonds. The molecule has 0 heterocycles. The van der Waals surface area contributed by atoms with Gasteiger partial charge in [-0.2, -0.15) is 0 Å². The van der Waals surface area contributed by atoms with E-state index in [9.17, 15) is 19.8 Å². The number of aliphatic hydroxyl groups is 2. The summed E-state index contributed by atoms with van der Waals surface area (Å²) in [6, 6.07) is 15.9. The van der Waals surface area contributed by atoms with Crippen LogP contribution in [-0.4, -0.2) is 113 Å². The molecule has 0 aliphatic heterocycles. The highest BCUT2D eigenvalue weighted by molar-refractivity contribution is 5.79. The lowest BCUT2D eigenvalue weighted by Gasteiger charge is -2.29. The Hall–Kier alpha value is -3.36. The predicted octanol–water partition coefficient (Wildman–Crippen LogP) is 3.92. The first kappa shape index (κ1) is 42.1. The summed E-state index contributed by atoms with van der Waals surface area (Å²) < 4.78 is 32.4. The summed E-state index contributed by atoms with van der Waals surface area (Å²) in [7, 11) is 1.63. The maximum atomic E-state index is 13.8. The number of hydrogen-bond donors (Lipinski definition) is 4. The number of amides is 2. The van der Waals surface area contributed by atoms with Gasteiger partial charge in [0.2, 0.25) is 5.91 Å². The van der Waals surface area contributed by atoms with Crippen LogP contribution in [0.4, 0.5) is 4.79 Å². The topological polar surface area (TPSA) is 154 Å². The second kappa shape index (κ2) is 23.3. The van der Waals surface area contributed by atoms with Crippen LogP contribution in [0, 0.1) is 5.92 Å². The predicted molar refractivity (Wildman–Crippen MR) is 193 cm³/mol. The van der Waals surface area contributed by atoms with Crippen molar-refractivity contribution in [2.45, 2.75) is 76.3 Å². The Labute approximate surface area is 302 Å². The molecule has 0 saturated heterocycles. The summed E-state index contributed by atoms with van der Waals surface area (Å²) in [4.78, 5) is 26.6. The van der Waals surface area contributed by atoms with Gasteiger partial charge in [-0.25, -0.2) is 4.79 Å². The molecule has 284 valence electrons. The van der Waals surface area contributed by atoms with Crippen molar-refractivity contribution in [1.29, 1.82) is 0 Å². The Morgan fingerprint density at radius 1 is 0.863 bits per heavy atom. The van der Waals surface area contributed by atoms with Crippen LogP contribution in [0.3, 0.4) is 0 Å². The van der Waals surface area contributed by atoms with Crippen molar-refractivity contribution in [3.05, 3.63) is 83.4 Å². The lowest BCUT2D eigenvalue weighted by atomic mass is 9.90. The number of benzene rings is 2. The highest BCUT2D eigenvalue weighted by atomic mass is 16.6. The molecule has 0 fully saturated rings. The minimum absolute atomic E-state index is 0.0595. The van der Waals surface area contributed by atoms with Crippen LogP contribution in [0.2, 0.25) is 0 Å². The molecule has 2 aromatic carbocycles. The van der Waals surface area contributed by atoms with E-state index in [2.05, 4.69) is 10.6 Å². The van der Waals surface area contributed by atoms with Crippen LogP contribution in [-0.2, 0) is 46.1 Å². The molecule has 5 atom stereocenters. The number of carbonyl (C=O) groups excluding carboxylic acids is 2. The molecule has 12 nitrogen and oxygen atoms in total. The van der Waals surface area contributed by atoms with E-state index < -0.39 is 41.9 Å². The Morgan fingerprint density at radius 2 is 1.47 bits per heavy atom. The summed E-state index contributed by atoms with van der Waals surface area (Å²) in [5.74, 6) is -0.961. The van der Waals surface area contributed by atoms with E-state index in [1.54, 1.807) is 27.9 Å². The third-order valence-electron chi connectivity index (χ3n) is 8.21. The smallest absolute Gasteiger partial charge is 0.407 e. The zero-order valence-corrected chi connectivity index (χ0v) is 30.6. The Balaban J connectivity index is 1.56. The van der Waals surface area contributed by atoms with Gasteiger partial charge in [0.25, 0.3) is 0 Å². The maximum absolute atomic E-state index is 13.8. The van der Waals surface area contributed by atoms with Crippen molar-refractivity contribution >= 4 is 12.0 Å². The van der Waals surface area contributed by atoms with Gasteiger partial charge in [0.05, 0.1) is 83.8 Å². The number of allylic oxidation sites excluding steroid dienone is 1. The second-order valence-corrected chi connectivity index (χ2v) is 13.5. The van der Waals surface area contributed by atoms with E-state index in [0.29, 0.717) is 78.7 Å². The first-order chi connectivity index (χ1) is 24.6. The average Bonchev–Trinajstić information content (AvgIpc) is 3.40. The van der Waals surface area contributed by atoms with Gasteiger partial charge >= 0.3 is 6.09 Å². The van der Waals surface area contributed by atoms with Gasteiger partial charge in [-0.15, -0.1) is 0 Å². The van der Waals surface area contributed by atoms with E-state index in [-0.39, 0.29) is 12.3 Å². The molecule has 4 N–H and O–H groups in total. The molecular weight excluding hydrogens is 656 g/mol. The molecule has 0 bridgehead atoms. The second-order valence-electron chi connectivity index (χ2n) is 13.5. The van der Waals surface area contributed by atoms with Gasteiger partial charge in [0.15, 0.2) is 0 Å². The van der Waals surface area contributed by atoms with Crippen LogP contribution in [0.1, 0.15) is 56.3 Å². The fourth-order valence-electron chi connectivity index (χ4n) is 5.68. The number of carbonyl (C=O) groups is 2. The number of hydrogen-bond acceptors (Lipinski definition) is 10. The van der Waals surface area contributed by atoms with Gasteiger partial charge in [-0.05, 0) is 56.7 Å². The summed E-state index contributed by atoms with van der Waals surface area (Å²) in [6.45, 7) is 9.46. The summed E-state index contributed by atoms with van der Waals surface area (Å²) in [6.07, 6.45) is 2.36. The van der Waals surface area contributed by atoms with Gasteiger partial charge in [0.1, 0.15) is 5.60 Å². The molecule has 0 aromatic heterocycles. The zero-order valence-electron chi connectivity index (χ0n) is 30.6. The molecule has 1 aliphatic carbocycles. The van der Waals surface area contributed by atoms with Gasteiger partial charge in [0, 0.05) is 19.4 Å². The third kappa shape index (κ3) is 16.7. The molecule has 3 rings (SSSR count). The molecule has 0 saturated carbocycles. The van der Waals surface area contributed by atoms with E-state index in [1.165, 1.54) is 0 Å². The van der Waals surface area contributed by atoms with Crippen LogP contribution in [0.25, 0.3) is 0 Å². The number of aliphatic hydroxyl groups excluding tert-OH is 2. The zero-order chi connectivity index (χ0) is 36.9. The quantitative estimate of drug-likeness (QED) is 0.0930. The molecule has 2 aromatic rings. The first-order valence-corrected chi connectivity index (χ1v) is 17.8. The van der Waals surface area contributed by atoms with Crippen molar-refractivity contribution < 1.29 is 48.2 Å². The Bertz CT molecular complexity index is 1300. The van der Waals surface area contributed by atoms with Crippen LogP contribution >= 0.6 is 0 Å². The van der Waals surface area contributed by atoms with Crippen molar-refractivity contribution in [2.24, 2.45) is 5.92 Å². The van der Waals surface area contributed by atoms with E-state index in [1.807, 2.05) is 66.7 Å². The number of fused-ring (bicyclic) bond motifs is 1. The summed E-state index contributed by atoms with van der Waals surface area (Å²) in [5, 5.41) is 28.2. The number of ether oxygens (including phenoxy) is 6. The minimum Gasteiger partial charge on any atom is -0.444 e. The van der Waals surface area contributed by atoms with Crippen molar-refractivity contribution in [2.75, 3.05) is 66.6 Å². The molecule has 0 spiro atoms. The summed E-state index contributed by atoms with van der Waals surface area (Å²) >= 11 is 0. The fourth-order valence-corrected chi connectivity index (χ4v) is 5.68. The van der Waals surface area contributed by atoms with Crippen LogP contribution < -0.4 is 10.6 Å². The van der Waals surface area contributed by atoms with E-state index in [4.69, 9.17) is 28.4 Å². The number of methoxy groups -OCH3 is 1. The van der Waals surface area contributed by atoms with Gasteiger partial charge in [-0.1, -0.05) is 66.7 Å². The maximum Gasteiger partial charge on any atom is 0.407 e. The number of rotatable bonds is 24. The minimum atomic E-state index is -1.08. The normalized spacial score (nSPS) is 17.5. The lowest BCUT2D eigenvalue weighted by molar-refractivity contribution is -0.127. The standard InChI is InChI=1S/C39H58N2O10/c1-39(2,3)51-38(45)40-33(26-29-12-6-5-7-13-29)34(42)28-31(37(44)41-36-32-16-9-8-14-30(32)27-35(36)43)15-10-11-17-47-20-21-49-24-25-50-23-22-48-19-18-46-4/h5-14,16,31,33-36,42-43H,15,17-28H2,1-4H3,(H,40,45)(H,41,44)/b11-10+/t31-,33+,34+,35-,36+/m1/s1. The largest absolute Gasteiger partial charge is 0.444 e. The van der Waals surface area contributed by atoms with Gasteiger partial charge in [-0.3, -0.25) is 4.79 Å².